The molecule has 0 aromatic carbocycles. The monoisotopic (exact) mass is 417 g/mol. The van der Waals surface area contributed by atoms with E-state index >= 15 is 0 Å². The van der Waals surface area contributed by atoms with Gasteiger partial charge in [0.2, 0.25) is 5.82 Å². The molecule has 4 heterocycles. The number of thiophene rings is 1. The third-order valence-corrected chi connectivity index (χ3v) is 7.23. The van der Waals surface area contributed by atoms with E-state index < -0.39 is 0 Å². The summed E-state index contributed by atoms with van der Waals surface area (Å²) in [5.41, 5.74) is 0.0426. The summed E-state index contributed by atoms with van der Waals surface area (Å²) in [6.07, 6.45) is 3.00. The third-order valence-electron chi connectivity index (χ3n) is 6.25. The summed E-state index contributed by atoms with van der Waals surface area (Å²) in [5, 5.41) is 11.4. The van der Waals surface area contributed by atoms with Gasteiger partial charge >= 0.3 is 0 Å². The van der Waals surface area contributed by atoms with Gasteiger partial charge in [-0.1, -0.05) is 6.92 Å². The molecule has 0 aliphatic carbocycles. The standard InChI is InChI=1S/C21H31N5O2S/c1-4-15(2)22-20(27)19-24-23-18-12-28-14-21(13-26(18)19)7-9-25(10-8-21)11-17-6-5-16(3)29-17/h5-6,15H,4,7-14H2,1-3H3,(H,22,27)/t15-/m0/s1. The smallest absolute Gasteiger partial charge is 0.289 e. The van der Waals surface area contributed by atoms with Gasteiger partial charge in [0, 0.05) is 34.3 Å². The molecule has 29 heavy (non-hydrogen) atoms. The predicted octanol–water partition coefficient (Wildman–Crippen LogP) is 2.99. The predicted molar refractivity (Wildman–Crippen MR) is 113 cm³/mol. The van der Waals surface area contributed by atoms with Crippen molar-refractivity contribution in [3.05, 3.63) is 33.5 Å². The number of fused-ring (bicyclic) bond motifs is 1. The van der Waals surface area contributed by atoms with Crippen LogP contribution in [-0.4, -0.2) is 51.3 Å². The number of carbonyl (C=O) groups is 1. The Labute approximate surface area is 176 Å². The first-order valence-corrected chi connectivity index (χ1v) is 11.4. The summed E-state index contributed by atoms with van der Waals surface area (Å²) in [7, 11) is 0. The van der Waals surface area contributed by atoms with Crippen LogP contribution in [0.25, 0.3) is 0 Å². The van der Waals surface area contributed by atoms with Gasteiger partial charge in [0.05, 0.1) is 6.61 Å². The van der Waals surface area contributed by atoms with Crippen molar-refractivity contribution in [2.75, 3.05) is 19.7 Å². The van der Waals surface area contributed by atoms with Crippen molar-refractivity contribution in [2.45, 2.75) is 65.8 Å². The van der Waals surface area contributed by atoms with Crippen LogP contribution >= 0.6 is 11.3 Å². The number of aryl methyl sites for hydroxylation is 1. The Bertz CT molecular complexity index is 853. The molecule has 1 fully saturated rings. The molecule has 1 saturated heterocycles. The zero-order valence-electron chi connectivity index (χ0n) is 17.6. The largest absolute Gasteiger partial charge is 0.373 e. The molecule has 1 spiro atoms. The first kappa shape index (κ1) is 20.5. The maximum atomic E-state index is 12.7. The van der Waals surface area contributed by atoms with Crippen molar-refractivity contribution in [3.8, 4) is 0 Å². The minimum atomic E-state index is -0.138. The molecule has 2 aromatic rings. The molecule has 1 amide bonds. The Morgan fingerprint density at radius 2 is 2.14 bits per heavy atom. The van der Waals surface area contributed by atoms with Gasteiger partial charge < -0.3 is 14.6 Å². The summed E-state index contributed by atoms with van der Waals surface area (Å²) < 4.78 is 8.00. The molecular weight excluding hydrogens is 386 g/mol. The lowest BCUT2D eigenvalue weighted by atomic mass is 9.79. The number of ether oxygens (including phenoxy) is 1. The Morgan fingerprint density at radius 1 is 1.34 bits per heavy atom. The highest BCUT2D eigenvalue weighted by atomic mass is 32.1. The Kier molecular flexibility index (Phi) is 6.03. The number of hydrogen-bond donors (Lipinski definition) is 1. The van der Waals surface area contributed by atoms with Gasteiger partial charge in [0.15, 0.2) is 5.82 Å². The van der Waals surface area contributed by atoms with E-state index in [1.54, 1.807) is 0 Å². The Morgan fingerprint density at radius 3 is 2.83 bits per heavy atom. The van der Waals surface area contributed by atoms with E-state index in [0.29, 0.717) is 19.0 Å². The van der Waals surface area contributed by atoms with E-state index in [1.165, 1.54) is 9.75 Å². The molecule has 4 rings (SSSR count). The molecule has 0 bridgehead atoms. The van der Waals surface area contributed by atoms with E-state index in [-0.39, 0.29) is 17.4 Å². The second-order valence-corrected chi connectivity index (χ2v) is 9.96. The molecule has 1 atom stereocenters. The normalized spacial score (nSPS) is 20.2. The number of amides is 1. The maximum Gasteiger partial charge on any atom is 0.289 e. The van der Waals surface area contributed by atoms with Crippen LogP contribution in [0.5, 0.6) is 0 Å². The second-order valence-electron chi connectivity index (χ2n) is 8.59. The first-order valence-electron chi connectivity index (χ1n) is 10.6. The summed E-state index contributed by atoms with van der Waals surface area (Å²) in [5.74, 6) is 1.04. The summed E-state index contributed by atoms with van der Waals surface area (Å²) >= 11 is 1.88. The van der Waals surface area contributed by atoms with Crippen molar-refractivity contribution in [3.63, 3.8) is 0 Å². The third kappa shape index (κ3) is 4.54. The highest BCUT2D eigenvalue weighted by molar-refractivity contribution is 7.11. The fourth-order valence-corrected chi connectivity index (χ4v) is 5.12. The van der Waals surface area contributed by atoms with Gasteiger partial charge in [-0.3, -0.25) is 9.69 Å². The maximum absolute atomic E-state index is 12.7. The van der Waals surface area contributed by atoms with Crippen LogP contribution in [-0.2, 0) is 24.4 Å². The van der Waals surface area contributed by atoms with E-state index in [0.717, 1.165) is 51.3 Å². The molecule has 1 N–H and O–H groups in total. The van der Waals surface area contributed by atoms with Crippen LogP contribution in [0.1, 0.15) is 59.3 Å². The molecule has 0 unspecified atom stereocenters. The number of likely N-dealkylation sites (tertiary alicyclic amines) is 1. The molecule has 2 aromatic heterocycles. The molecule has 2 aliphatic heterocycles. The Balaban J connectivity index is 1.44. The molecule has 8 heteroatoms. The fraction of sp³-hybridized carbons (Fsp3) is 0.667. The molecule has 2 aliphatic rings. The topological polar surface area (TPSA) is 72.3 Å². The van der Waals surface area contributed by atoms with Crippen LogP contribution in [0.15, 0.2) is 12.1 Å². The number of aromatic nitrogens is 3. The van der Waals surface area contributed by atoms with E-state index in [2.05, 4.69) is 46.4 Å². The number of piperidine rings is 1. The van der Waals surface area contributed by atoms with Crippen molar-refractivity contribution < 1.29 is 9.53 Å². The Hall–Kier alpha value is -1.77. The van der Waals surface area contributed by atoms with Gasteiger partial charge in [-0.05, 0) is 58.3 Å². The van der Waals surface area contributed by atoms with Crippen LogP contribution in [0.4, 0.5) is 0 Å². The fourth-order valence-electron chi connectivity index (χ4n) is 4.18. The summed E-state index contributed by atoms with van der Waals surface area (Å²) in [6.45, 7) is 11.2. The molecular formula is C21H31N5O2S. The highest BCUT2D eigenvalue weighted by Gasteiger charge is 2.39. The number of carbonyl (C=O) groups excluding carboxylic acids is 1. The molecule has 0 saturated carbocycles. The molecule has 0 radical (unpaired) electrons. The SMILES string of the molecule is CC[C@H](C)NC(=O)c1nnc2n1CC1(CCN(Cc3ccc(C)s3)CC1)COC2. The van der Waals surface area contributed by atoms with Crippen molar-refractivity contribution >= 4 is 17.2 Å². The quantitative estimate of drug-likeness (QED) is 0.810. The van der Waals surface area contributed by atoms with Crippen LogP contribution < -0.4 is 5.32 Å². The number of hydrogen-bond acceptors (Lipinski definition) is 6. The highest BCUT2D eigenvalue weighted by Crippen LogP contribution is 2.37. The minimum absolute atomic E-state index is 0.0426. The van der Waals surface area contributed by atoms with Gasteiger partial charge in [0.25, 0.3) is 5.91 Å². The van der Waals surface area contributed by atoms with Gasteiger partial charge in [-0.15, -0.1) is 21.5 Å². The van der Waals surface area contributed by atoms with Crippen molar-refractivity contribution in [1.29, 1.82) is 0 Å². The van der Waals surface area contributed by atoms with Crippen molar-refractivity contribution in [2.24, 2.45) is 5.41 Å². The summed E-state index contributed by atoms with van der Waals surface area (Å²) in [4.78, 5) is 18.0. The van der Waals surface area contributed by atoms with Gasteiger partial charge in [0.1, 0.15) is 6.61 Å². The molecule has 158 valence electrons. The number of rotatable bonds is 5. The van der Waals surface area contributed by atoms with Crippen LogP contribution in [0, 0.1) is 12.3 Å². The molecule has 7 nitrogen and oxygen atoms in total. The zero-order valence-corrected chi connectivity index (χ0v) is 18.4. The minimum Gasteiger partial charge on any atom is -0.373 e. The average Bonchev–Trinajstić information content (AvgIpc) is 3.25. The van der Waals surface area contributed by atoms with E-state index in [9.17, 15) is 4.79 Å². The number of nitrogens with one attached hydrogen (secondary N) is 1. The van der Waals surface area contributed by atoms with Crippen molar-refractivity contribution in [1.82, 2.24) is 25.0 Å². The zero-order chi connectivity index (χ0) is 20.4. The second kappa shape index (κ2) is 8.53. The lowest BCUT2D eigenvalue weighted by molar-refractivity contribution is -0.00552. The van der Waals surface area contributed by atoms with E-state index in [4.69, 9.17) is 4.74 Å². The lowest BCUT2D eigenvalue weighted by Gasteiger charge is -2.41. The average molecular weight is 418 g/mol. The number of nitrogens with zero attached hydrogens (tertiary/aromatic N) is 4. The van der Waals surface area contributed by atoms with Gasteiger partial charge in [-0.2, -0.15) is 0 Å². The summed E-state index contributed by atoms with van der Waals surface area (Å²) in [6, 6.07) is 4.56. The van der Waals surface area contributed by atoms with E-state index in [1.807, 2.05) is 22.8 Å². The lowest BCUT2D eigenvalue weighted by Crippen LogP contribution is -2.44. The van der Waals surface area contributed by atoms with Crippen LogP contribution in [0.3, 0.4) is 0 Å². The van der Waals surface area contributed by atoms with Gasteiger partial charge in [-0.25, -0.2) is 0 Å². The van der Waals surface area contributed by atoms with Crippen LogP contribution in [0.2, 0.25) is 0 Å². The first-order chi connectivity index (χ1) is 14.0.